The van der Waals surface area contributed by atoms with Crippen molar-refractivity contribution in [3.8, 4) is 0 Å². The summed E-state index contributed by atoms with van der Waals surface area (Å²) in [5, 5.41) is 3.44. The highest BCUT2D eigenvalue weighted by Gasteiger charge is 2.11. The lowest BCUT2D eigenvalue weighted by atomic mass is 10.2. The first-order chi connectivity index (χ1) is 4.93. The van der Waals surface area contributed by atoms with E-state index in [9.17, 15) is 0 Å². The molecular formula is C7H21NSi2. The summed E-state index contributed by atoms with van der Waals surface area (Å²) in [5.74, 6) is 0. The molecule has 0 unspecified atom stereocenters. The molecular weight excluding hydrogens is 154 g/mol. The first kappa shape index (κ1) is 10.4. The van der Waals surface area contributed by atoms with Crippen molar-refractivity contribution in [3.05, 3.63) is 0 Å². The van der Waals surface area contributed by atoms with Gasteiger partial charge < -0.3 is 5.32 Å². The molecule has 0 saturated heterocycles. The van der Waals surface area contributed by atoms with Crippen molar-refractivity contribution in [1.29, 1.82) is 0 Å². The first-order valence-electron chi connectivity index (χ1n) is 4.67. The van der Waals surface area contributed by atoms with Gasteiger partial charge in [-0.3, -0.25) is 0 Å². The Morgan fingerprint density at radius 1 is 1.30 bits per heavy atom. The van der Waals surface area contributed by atoms with E-state index >= 15 is 0 Å². The van der Waals surface area contributed by atoms with E-state index in [0.717, 1.165) is 12.6 Å². The Morgan fingerprint density at radius 3 is 2.20 bits per heavy atom. The van der Waals surface area contributed by atoms with Gasteiger partial charge in [0.05, 0.1) is 0 Å². The highest BCUT2D eigenvalue weighted by atomic mass is 29.1. The summed E-state index contributed by atoms with van der Waals surface area (Å²) in [4.78, 5) is 0. The van der Waals surface area contributed by atoms with E-state index in [1.165, 1.54) is 45.2 Å². The number of hydrogen-bond acceptors (Lipinski definition) is 1. The van der Waals surface area contributed by atoms with Crippen molar-refractivity contribution in [2.24, 2.45) is 0 Å². The zero-order valence-electron chi connectivity index (χ0n) is 7.61. The summed E-state index contributed by atoms with van der Waals surface area (Å²) in [7, 11) is 2.89. The number of hydrogen-bond donors (Lipinski definition) is 1. The standard InChI is InChI=1S/C7H15N.H6Si2/c1-2-8-7-5-3-4-6-7;1-2/h7-8H,2-6H2,1H3;1-2H3. The number of rotatable bonds is 2. The molecule has 0 bridgehead atoms. The van der Waals surface area contributed by atoms with Crippen molar-refractivity contribution in [2.75, 3.05) is 6.54 Å². The second kappa shape index (κ2) is 7.50. The molecule has 0 spiro atoms. The highest BCUT2D eigenvalue weighted by molar-refractivity contribution is 6.75. The molecule has 0 aromatic rings. The molecule has 0 radical (unpaired) electrons. The molecule has 1 aliphatic carbocycles. The highest BCUT2D eigenvalue weighted by Crippen LogP contribution is 2.16. The normalized spacial score (nSPS) is 18.9. The molecule has 0 heterocycles. The Balaban J connectivity index is 0.000000371. The molecule has 0 amide bonds. The Morgan fingerprint density at radius 2 is 1.80 bits per heavy atom. The van der Waals surface area contributed by atoms with Gasteiger partial charge in [-0.05, 0) is 38.9 Å². The molecule has 3 heteroatoms. The van der Waals surface area contributed by atoms with E-state index < -0.39 is 0 Å². The van der Waals surface area contributed by atoms with Crippen LogP contribution in [0.3, 0.4) is 0 Å². The molecule has 0 aliphatic heterocycles. The third-order valence-electron chi connectivity index (χ3n) is 1.85. The molecule has 1 rings (SSSR count). The Hall–Kier alpha value is 0.394. The maximum Gasteiger partial charge on any atom is 0.00669 e. The molecule has 10 heavy (non-hydrogen) atoms. The molecule has 62 valence electrons. The van der Waals surface area contributed by atoms with Crippen LogP contribution >= 0.6 is 0 Å². The topological polar surface area (TPSA) is 12.0 Å². The van der Waals surface area contributed by atoms with Gasteiger partial charge in [-0.15, -0.1) is 0 Å². The third-order valence-corrected chi connectivity index (χ3v) is 1.85. The Kier molecular flexibility index (Phi) is 7.80. The fourth-order valence-corrected chi connectivity index (χ4v) is 1.42. The van der Waals surface area contributed by atoms with Crippen LogP contribution in [0.2, 0.25) is 0 Å². The molecule has 1 saturated carbocycles. The van der Waals surface area contributed by atoms with Gasteiger partial charge in [-0.25, -0.2) is 0 Å². The van der Waals surface area contributed by atoms with Crippen molar-refractivity contribution in [2.45, 2.75) is 38.6 Å². The zero-order chi connectivity index (χ0) is 7.82. The summed E-state index contributed by atoms with van der Waals surface area (Å²) < 4.78 is 0. The van der Waals surface area contributed by atoms with Crippen LogP contribution in [0, 0.1) is 0 Å². The van der Waals surface area contributed by atoms with Crippen LogP contribution in [0.5, 0.6) is 0 Å². The quantitative estimate of drug-likeness (QED) is 0.540. The van der Waals surface area contributed by atoms with E-state index in [1.54, 1.807) is 0 Å². The van der Waals surface area contributed by atoms with Crippen LogP contribution in [0.25, 0.3) is 0 Å². The van der Waals surface area contributed by atoms with Crippen LogP contribution in [-0.4, -0.2) is 32.1 Å². The van der Waals surface area contributed by atoms with Crippen molar-refractivity contribution in [3.63, 3.8) is 0 Å². The molecule has 1 aliphatic rings. The lowest BCUT2D eigenvalue weighted by molar-refractivity contribution is 0.542. The fourth-order valence-electron chi connectivity index (χ4n) is 1.42. The average molecular weight is 175 g/mol. The fraction of sp³-hybridized carbons (Fsp3) is 1.00. The van der Waals surface area contributed by atoms with Gasteiger partial charge in [-0.1, -0.05) is 19.8 Å². The van der Waals surface area contributed by atoms with Crippen LogP contribution < -0.4 is 5.32 Å². The van der Waals surface area contributed by atoms with Crippen LogP contribution in [0.1, 0.15) is 32.6 Å². The van der Waals surface area contributed by atoms with Crippen LogP contribution in [0.4, 0.5) is 0 Å². The Labute approximate surface area is 70.6 Å². The molecule has 0 atom stereocenters. The van der Waals surface area contributed by atoms with Gasteiger partial charge in [0.2, 0.25) is 0 Å². The minimum absolute atomic E-state index is 0.861. The smallest absolute Gasteiger partial charge is 0.00669 e. The Bertz CT molecular complexity index is 62.6. The monoisotopic (exact) mass is 175 g/mol. The van der Waals surface area contributed by atoms with E-state index in [0.29, 0.717) is 0 Å². The van der Waals surface area contributed by atoms with Gasteiger partial charge in [0.25, 0.3) is 0 Å². The van der Waals surface area contributed by atoms with Crippen LogP contribution in [-0.2, 0) is 0 Å². The summed E-state index contributed by atoms with van der Waals surface area (Å²) in [6, 6.07) is 0.861. The largest absolute Gasteiger partial charge is 0.314 e. The summed E-state index contributed by atoms with van der Waals surface area (Å²) in [6.45, 7) is 3.32. The van der Waals surface area contributed by atoms with E-state index in [2.05, 4.69) is 12.2 Å². The summed E-state index contributed by atoms with van der Waals surface area (Å²) in [6.07, 6.45) is 5.71. The maximum absolute atomic E-state index is 3.44. The zero-order valence-corrected chi connectivity index (χ0v) is 11.6. The van der Waals surface area contributed by atoms with Crippen molar-refractivity contribution in [1.82, 2.24) is 5.32 Å². The molecule has 1 nitrogen and oxygen atoms in total. The molecule has 0 aromatic carbocycles. The average Bonchev–Trinajstić information content (AvgIpc) is 2.46. The molecule has 1 fully saturated rings. The predicted octanol–water partition coefficient (Wildman–Crippen LogP) is -0.829. The van der Waals surface area contributed by atoms with Gasteiger partial charge in [0.15, 0.2) is 0 Å². The van der Waals surface area contributed by atoms with Crippen LogP contribution in [0.15, 0.2) is 0 Å². The first-order valence-corrected chi connectivity index (χ1v) is 12.7. The molecule has 0 aromatic heterocycles. The SMILES string of the molecule is CCNC1CCCC1.[SiH3][SiH3]. The van der Waals surface area contributed by atoms with Gasteiger partial charge in [-0.2, -0.15) is 0 Å². The maximum atomic E-state index is 3.44. The van der Waals surface area contributed by atoms with Gasteiger partial charge in [0, 0.05) is 6.04 Å². The predicted molar refractivity (Wildman–Crippen MR) is 55.8 cm³/mol. The minimum Gasteiger partial charge on any atom is -0.314 e. The van der Waals surface area contributed by atoms with Gasteiger partial charge >= 0.3 is 0 Å². The lowest BCUT2D eigenvalue weighted by Crippen LogP contribution is -2.24. The second-order valence-corrected chi connectivity index (χ2v) is 2.54. The molecule has 1 N–H and O–H groups in total. The lowest BCUT2D eigenvalue weighted by Gasteiger charge is -2.07. The van der Waals surface area contributed by atoms with E-state index in [4.69, 9.17) is 0 Å². The third kappa shape index (κ3) is 4.25. The van der Waals surface area contributed by atoms with E-state index in [1.807, 2.05) is 0 Å². The van der Waals surface area contributed by atoms with E-state index in [-0.39, 0.29) is 0 Å². The van der Waals surface area contributed by atoms with Crippen molar-refractivity contribution >= 4 is 19.5 Å². The van der Waals surface area contributed by atoms with Gasteiger partial charge in [0.1, 0.15) is 0 Å². The second-order valence-electron chi connectivity index (χ2n) is 2.54. The summed E-state index contributed by atoms with van der Waals surface area (Å²) in [5.41, 5.74) is 0. The number of nitrogens with one attached hydrogen (secondary N) is 1. The minimum atomic E-state index is 0.861. The van der Waals surface area contributed by atoms with Crippen molar-refractivity contribution < 1.29 is 0 Å². The summed E-state index contributed by atoms with van der Waals surface area (Å²) >= 11 is 0.